The van der Waals surface area contributed by atoms with Crippen molar-refractivity contribution in [1.29, 1.82) is 0 Å². The minimum Gasteiger partial charge on any atom is -0.306 e. The highest BCUT2D eigenvalue weighted by atomic mass is 32.2. The first-order valence-electron chi connectivity index (χ1n) is 9.67. The molecule has 0 aromatic heterocycles. The number of hydrogen-bond acceptors (Lipinski definition) is 4. The number of benzene rings is 2. The average Bonchev–Trinajstić information content (AvgIpc) is 2.98. The van der Waals surface area contributed by atoms with Crippen LogP contribution >= 0.6 is 0 Å². The molecule has 0 unspecified atom stereocenters. The number of anilines is 1. The molecule has 2 aromatic carbocycles. The van der Waals surface area contributed by atoms with E-state index in [2.05, 4.69) is 11.8 Å². The van der Waals surface area contributed by atoms with E-state index in [1.807, 2.05) is 62.4 Å². The molecule has 3 atom stereocenters. The lowest BCUT2D eigenvalue weighted by Crippen LogP contribution is -2.62. The number of nitrogens with zero attached hydrogens (tertiary/aromatic N) is 2. The summed E-state index contributed by atoms with van der Waals surface area (Å²) >= 11 is 0. The molecule has 2 aliphatic heterocycles. The van der Waals surface area contributed by atoms with Gasteiger partial charge in [0.2, 0.25) is 5.91 Å². The van der Waals surface area contributed by atoms with Crippen molar-refractivity contribution in [2.45, 2.75) is 38.9 Å². The first kappa shape index (κ1) is 19.2. The minimum atomic E-state index is -3.20. The van der Waals surface area contributed by atoms with E-state index in [4.69, 9.17) is 0 Å². The number of aryl methyl sites for hydroxylation is 2. The maximum atomic E-state index is 13.2. The van der Waals surface area contributed by atoms with Crippen molar-refractivity contribution in [3.05, 3.63) is 65.2 Å². The van der Waals surface area contributed by atoms with Gasteiger partial charge in [-0.2, -0.15) is 0 Å². The number of carbonyl (C=O) groups is 1. The topological polar surface area (TPSA) is 57.7 Å². The molecule has 1 amide bonds. The van der Waals surface area contributed by atoms with Gasteiger partial charge in [-0.15, -0.1) is 0 Å². The van der Waals surface area contributed by atoms with E-state index >= 15 is 0 Å². The van der Waals surface area contributed by atoms with Gasteiger partial charge in [0.1, 0.15) is 0 Å². The van der Waals surface area contributed by atoms with Gasteiger partial charge < -0.3 is 4.90 Å². The molecule has 2 saturated heterocycles. The van der Waals surface area contributed by atoms with Gasteiger partial charge in [-0.3, -0.25) is 9.69 Å². The van der Waals surface area contributed by atoms with E-state index in [9.17, 15) is 13.2 Å². The molecule has 2 fully saturated rings. The standard InChI is InChI=1S/C22H26N2O3S/c1-15-9-10-19(11-16(15)2)24-21-14-28(26,27)13-20(21)23(12-22(24)25)17(3)18-7-5-4-6-8-18/h4-11,17,20-21H,12-14H2,1-3H3/t17-,20-,21+/m0/s1. The van der Waals surface area contributed by atoms with E-state index in [0.717, 1.165) is 22.4 Å². The molecule has 0 bridgehead atoms. The second kappa shape index (κ2) is 7.01. The van der Waals surface area contributed by atoms with Crippen molar-refractivity contribution < 1.29 is 13.2 Å². The van der Waals surface area contributed by atoms with E-state index in [-0.39, 0.29) is 42.1 Å². The fourth-order valence-corrected chi connectivity index (χ4v) is 6.43. The molecular formula is C22H26N2O3S. The lowest BCUT2D eigenvalue weighted by molar-refractivity contribution is -0.124. The van der Waals surface area contributed by atoms with Crippen LogP contribution in [-0.2, 0) is 14.6 Å². The monoisotopic (exact) mass is 398 g/mol. The molecule has 0 spiro atoms. The second-order valence-electron chi connectivity index (χ2n) is 8.00. The number of fused-ring (bicyclic) bond motifs is 1. The molecule has 0 radical (unpaired) electrons. The van der Waals surface area contributed by atoms with Crippen LogP contribution in [0.4, 0.5) is 5.69 Å². The summed E-state index contributed by atoms with van der Waals surface area (Å²) in [4.78, 5) is 17.0. The Bertz CT molecular complexity index is 1000. The van der Waals surface area contributed by atoms with Gasteiger partial charge in [0, 0.05) is 17.8 Å². The Balaban J connectivity index is 1.72. The van der Waals surface area contributed by atoms with Crippen LogP contribution in [0.15, 0.2) is 48.5 Å². The highest BCUT2D eigenvalue weighted by Gasteiger charge is 2.50. The molecule has 0 saturated carbocycles. The third-order valence-corrected chi connectivity index (χ3v) is 7.88. The van der Waals surface area contributed by atoms with Gasteiger partial charge in [-0.1, -0.05) is 36.4 Å². The van der Waals surface area contributed by atoms with Crippen molar-refractivity contribution in [3.8, 4) is 0 Å². The number of hydrogen-bond donors (Lipinski definition) is 0. The first-order valence-corrected chi connectivity index (χ1v) is 11.5. The molecular weight excluding hydrogens is 372 g/mol. The Hall–Kier alpha value is -2.18. The normalized spacial score (nSPS) is 25.5. The van der Waals surface area contributed by atoms with Crippen LogP contribution in [0.2, 0.25) is 0 Å². The van der Waals surface area contributed by atoms with Crippen LogP contribution in [0.1, 0.15) is 29.7 Å². The molecule has 5 nitrogen and oxygen atoms in total. The summed E-state index contributed by atoms with van der Waals surface area (Å²) in [6.07, 6.45) is 0. The molecule has 0 N–H and O–H groups in total. The molecule has 4 rings (SSSR count). The Morgan fingerprint density at radius 3 is 2.32 bits per heavy atom. The van der Waals surface area contributed by atoms with E-state index < -0.39 is 9.84 Å². The third-order valence-electron chi connectivity index (χ3n) is 6.19. The zero-order valence-corrected chi connectivity index (χ0v) is 17.3. The zero-order chi connectivity index (χ0) is 20.1. The fourth-order valence-electron chi connectivity index (χ4n) is 4.47. The number of piperazine rings is 1. The predicted octanol–water partition coefficient (Wildman–Crippen LogP) is 2.88. The van der Waals surface area contributed by atoms with E-state index in [0.29, 0.717) is 0 Å². The van der Waals surface area contributed by atoms with Crippen LogP contribution in [-0.4, -0.2) is 49.4 Å². The van der Waals surface area contributed by atoms with Gasteiger partial charge in [-0.05, 0) is 49.6 Å². The number of carbonyl (C=O) groups excluding carboxylic acids is 1. The first-order chi connectivity index (χ1) is 13.3. The van der Waals surface area contributed by atoms with Crippen LogP contribution in [0.25, 0.3) is 0 Å². The fraction of sp³-hybridized carbons (Fsp3) is 0.409. The highest BCUT2D eigenvalue weighted by molar-refractivity contribution is 7.91. The lowest BCUT2D eigenvalue weighted by Gasteiger charge is -2.46. The van der Waals surface area contributed by atoms with E-state index in [1.165, 1.54) is 0 Å². The highest BCUT2D eigenvalue weighted by Crippen LogP contribution is 2.36. The second-order valence-corrected chi connectivity index (χ2v) is 10.2. The summed E-state index contributed by atoms with van der Waals surface area (Å²) in [6.45, 7) is 6.32. The number of sulfone groups is 1. The largest absolute Gasteiger partial charge is 0.306 e. The SMILES string of the molecule is Cc1ccc(N2C(=O)CN([C@@H](C)c3ccccc3)[C@H]3CS(=O)(=O)C[C@H]32)cc1C. The van der Waals surface area contributed by atoms with Crippen LogP contribution in [0, 0.1) is 13.8 Å². The molecule has 2 heterocycles. The average molecular weight is 399 g/mol. The van der Waals surface area contributed by atoms with Crippen molar-refractivity contribution in [3.63, 3.8) is 0 Å². The van der Waals surface area contributed by atoms with Crippen molar-refractivity contribution in [2.24, 2.45) is 0 Å². The van der Waals surface area contributed by atoms with E-state index in [1.54, 1.807) is 4.90 Å². The lowest BCUT2D eigenvalue weighted by atomic mass is 9.97. The Labute approximate surface area is 166 Å². The minimum absolute atomic E-state index is 0.0205. The quantitative estimate of drug-likeness (QED) is 0.798. The summed E-state index contributed by atoms with van der Waals surface area (Å²) in [7, 11) is -3.20. The summed E-state index contributed by atoms with van der Waals surface area (Å²) in [5.74, 6) is 0.0852. The summed E-state index contributed by atoms with van der Waals surface area (Å²) < 4.78 is 25.1. The van der Waals surface area contributed by atoms with Crippen LogP contribution < -0.4 is 4.90 Å². The summed E-state index contributed by atoms with van der Waals surface area (Å²) in [5, 5.41) is 0. The van der Waals surface area contributed by atoms with Gasteiger partial charge in [0.25, 0.3) is 0 Å². The smallest absolute Gasteiger partial charge is 0.241 e. The maximum Gasteiger partial charge on any atom is 0.241 e. The van der Waals surface area contributed by atoms with Gasteiger partial charge in [0.15, 0.2) is 9.84 Å². The Morgan fingerprint density at radius 2 is 1.64 bits per heavy atom. The predicted molar refractivity (Wildman–Crippen MR) is 111 cm³/mol. The molecule has 2 aliphatic rings. The number of rotatable bonds is 3. The molecule has 6 heteroatoms. The Morgan fingerprint density at radius 1 is 0.964 bits per heavy atom. The maximum absolute atomic E-state index is 13.2. The van der Waals surface area contributed by atoms with Crippen molar-refractivity contribution >= 4 is 21.4 Å². The summed E-state index contributed by atoms with van der Waals surface area (Å²) in [5.41, 5.74) is 4.15. The Kier molecular flexibility index (Phi) is 4.79. The molecule has 28 heavy (non-hydrogen) atoms. The van der Waals surface area contributed by atoms with Crippen molar-refractivity contribution in [2.75, 3.05) is 23.0 Å². The van der Waals surface area contributed by atoms with Crippen molar-refractivity contribution in [1.82, 2.24) is 4.90 Å². The molecule has 2 aromatic rings. The zero-order valence-electron chi connectivity index (χ0n) is 16.5. The van der Waals surface area contributed by atoms with Gasteiger partial charge >= 0.3 is 0 Å². The molecule has 148 valence electrons. The third kappa shape index (κ3) is 3.35. The number of amides is 1. The molecule has 0 aliphatic carbocycles. The van der Waals surface area contributed by atoms with Gasteiger partial charge in [0.05, 0.1) is 24.1 Å². The van der Waals surface area contributed by atoms with Crippen LogP contribution in [0.3, 0.4) is 0 Å². The van der Waals surface area contributed by atoms with Gasteiger partial charge in [-0.25, -0.2) is 8.42 Å². The summed E-state index contributed by atoms with van der Waals surface area (Å²) in [6, 6.07) is 15.3. The van der Waals surface area contributed by atoms with Crippen LogP contribution in [0.5, 0.6) is 0 Å².